The Morgan fingerprint density at radius 2 is 2.00 bits per heavy atom. The highest BCUT2D eigenvalue weighted by Gasteiger charge is 2.21. The van der Waals surface area contributed by atoms with Crippen molar-refractivity contribution in [2.45, 2.75) is 20.3 Å². The van der Waals surface area contributed by atoms with E-state index in [0.29, 0.717) is 0 Å². The molecule has 0 bridgehead atoms. The molecule has 0 N–H and O–H groups in total. The van der Waals surface area contributed by atoms with Crippen LogP contribution in [0.4, 0.5) is 0 Å². The average Bonchev–Trinajstić information content (AvgIpc) is 2.67. The van der Waals surface area contributed by atoms with Crippen LogP contribution in [0, 0.1) is 13.8 Å². The van der Waals surface area contributed by atoms with Gasteiger partial charge in [-0.15, -0.1) is 0 Å². The van der Waals surface area contributed by atoms with Crippen molar-refractivity contribution in [3.8, 4) is 0 Å². The summed E-state index contributed by atoms with van der Waals surface area (Å²) in [7, 11) is 0. The quantitative estimate of drug-likeness (QED) is 0.791. The summed E-state index contributed by atoms with van der Waals surface area (Å²) < 4.78 is 0. The van der Waals surface area contributed by atoms with E-state index in [1.54, 1.807) is 0 Å². The van der Waals surface area contributed by atoms with Gasteiger partial charge in [-0.05, 0) is 44.0 Å². The molecule has 1 aliphatic rings. The van der Waals surface area contributed by atoms with E-state index in [4.69, 9.17) is 0 Å². The monoisotopic (exact) mass is 338 g/mol. The van der Waals surface area contributed by atoms with Crippen molar-refractivity contribution in [1.29, 1.82) is 0 Å². The van der Waals surface area contributed by atoms with Gasteiger partial charge in [0.25, 0.3) is 5.91 Å². The molecule has 4 heteroatoms. The summed E-state index contributed by atoms with van der Waals surface area (Å²) in [5, 5.41) is 0.998. The molecule has 1 amide bonds. The highest BCUT2D eigenvalue weighted by atomic mass is 79.9. The Bertz CT molecular complexity index is 476. The second-order valence-corrected chi connectivity index (χ2v) is 6.22. The molecule has 20 heavy (non-hydrogen) atoms. The van der Waals surface area contributed by atoms with E-state index >= 15 is 0 Å². The van der Waals surface area contributed by atoms with E-state index in [-0.39, 0.29) is 5.91 Å². The summed E-state index contributed by atoms with van der Waals surface area (Å²) in [5.41, 5.74) is 3.16. The Morgan fingerprint density at radius 3 is 2.75 bits per heavy atom. The number of halogens is 1. The highest BCUT2D eigenvalue weighted by Crippen LogP contribution is 2.16. The summed E-state index contributed by atoms with van der Waals surface area (Å²) >= 11 is 3.49. The minimum absolute atomic E-state index is 0.187. The van der Waals surface area contributed by atoms with Gasteiger partial charge in [0.05, 0.1) is 0 Å². The lowest BCUT2D eigenvalue weighted by Crippen LogP contribution is -2.36. The molecule has 2 rings (SSSR count). The van der Waals surface area contributed by atoms with E-state index < -0.39 is 0 Å². The first-order chi connectivity index (χ1) is 9.63. The van der Waals surface area contributed by atoms with Crippen LogP contribution in [0.1, 0.15) is 27.9 Å². The minimum Gasteiger partial charge on any atom is -0.337 e. The standard InChI is InChI=1S/C16H23BrN2O/c1-13-5-3-6-15(14(13)2)16(20)19-9-4-8-18(10-7-17)11-12-19/h3,5-6H,4,7-12H2,1-2H3. The lowest BCUT2D eigenvalue weighted by Gasteiger charge is -2.22. The Labute approximate surface area is 130 Å². The van der Waals surface area contributed by atoms with E-state index in [0.717, 1.165) is 55.6 Å². The maximum absolute atomic E-state index is 12.7. The maximum Gasteiger partial charge on any atom is 0.254 e. The first-order valence-electron chi connectivity index (χ1n) is 7.27. The molecule has 0 spiro atoms. The van der Waals surface area contributed by atoms with E-state index in [9.17, 15) is 4.79 Å². The van der Waals surface area contributed by atoms with E-state index in [1.807, 2.05) is 24.0 Å². The van der Waals surface area contributed by atoms with Crippen molar-refractivity contribution in [1.82, 2.24) is 9.80 Å². The van der Waals surface area contributed by atoms with Crippen LogP contribution in [-0.4, -0.2) is 53.8 Å². The van der Waals surface area contributed by atoms with Gasteiger partial charge in [0.2, 0.25) is 0 Å². The molecule has 0 saturated carbocycles. The highest BCUT2D eigenvalue weighted by molar-refractivity contribution is 9.09. The first-order valence-corrected chi connectivity index (χ1v) is 8.39. The fraction of sp³-hybridized carbons (Fsp3) is 0.562. The lowest BCUT2D eigenvalue weighted by molar-refractivity contribution is 0.0761. The molecule has 1 aromatic carbocycles. The van der Waals surface area contributed by atoms with Crippen molar-refractivity contribution in [2.75, 3.05) is 38.1 Å². The molecule has 1 aromatic rings. The number of amides is 1. The normalized spacial score (nSPS) is 17.1. The molecule has 0 unspecified atom stereocenters. The third-order valence-electron chi connectivity index (χ3n) is 4.11. The van der Waals surface area contributed by atoms with E-state index in [2.05, 4.69) is 33.8 Å². The zero-order valence-corrected chi connectivity index (χ0v) is 13.9. The number of carbonyl (C=O) groups excluding carboxylic acids is 1. The van der Waals surface area contributed by atoms with Crippen LogP contribution >= 0.6 is 15.9 Å². The number of alkyl halides is 1. The van der Waals surface area contributed by atoms with Crippen molar-refractivity contribution in [3.05, 3.63) is 34.9 Å². The summed E-state index contributed by atoms with van der Waals surface area (Å²) in [6.45, 7) is 8.92. The summed E-state index contributed by atoms with van der Waals surface area (Å²) in [4.78, 5) is 17.1. The van der Waals surface area contributed by atoms with Gasteiger partial charge in [0.15, 0.2) is 0 Å². The van der Waals surface area contributed by atoms with Gasteiger partial charge in [0.1, 0.15) is 0 Å². The van der Waals surface area contributed by atoms with Crippen LogP contribution in [0.2, 0.25) is 0 Å². The number of rotatable bonds is 3. The van der Waals surface area contributed by atoms with Crippen LogP contribution in [0.25, 0.3) is 0 Å². The SMILES string of the molecule is Cc1cccc(C(=O)N2CCCN(CCBr)CC2)c1C. The Morgan fingerprint density at radius 1 is 1.20 bits per heavy atom. The topological polar surface area (TPSA) is 23.6 Å². The smallest absolute Gasteiger partial charge is 0.254 e. The zero-order valence-electron chi connectivity index (χ0n) is 12.4. The molecular formula is C16H23BrN2O. The summed E-state index contributed by atoms with van der Waals surface area (Å²) in [5.74, 6) is 0.187. The van der Waals surface area contributed by atoms with Gasteiger partial charge >= 0.3 is 0 Å². The molecule has 1 aliphatic heterocycles. The molecule has 0 radical (unpaired) electrons. The van der Waals surface area contributed by atoms with Crippen molar-refractivity contribution >= 4 is 21.8 Å². The van der Waals surface area contributed by atoms with Crippen LogP contribution in [0.3, 0.4) is 0 Å². The molecule has 1 heterocycles. The zero-order chi connectivity index (χ0) is 14.5. The van der Waals surface area contributed by atoms with Gasteiger partial charge in [-0.25, -0.2) is 0 Å². The average molecular weight is 339 g/mol. The Balaban J connectivity index is 2.07. The number of hydrogen-bond donors (Lipinski definition) is 0. The number of benzene rings is 1. The third-order valence-corrected chi connectivity index (χ3v) is 4.47. The van der Waals surface area contributed by atoms with Gasteiger partial charge < -0.3 is 9.80 Å². The maximum atomic E-state index is 12.7. The summed E-state index contributed by atoms with van der Waals surface area (Å²) in [6.07, 6.45) is 1.06. The number of aryl methyl sites for hydroxylation is 1. The molecule has 1 fully saturated rings. The fourth-order valence-electron chi connectivity index (χ4n) is 2.67. The van der Waals surface area contributed by atoms with Gasteiger partial charge in [0, 0.05) is 37.1 Å². The third kappa shape index (κ3) is 3.61. The van der Waals surface area contributed by atoms with Crippen LogP contribution < -0.4 is 0 Å². The number of nitrogens with zero attached hydrogens (tertiary/aromatic N) is 2. The van der Waals surface area contributed by atoms with Gasteiger partial charge in [-0.1, -0.05) is 28.1 Å². The molecule has 1 saturated heterocycles. The van der Waals surface area contributed by atoms with Crippen molar-refractivity contribution < 1.29 is 4.79 Å². The molecule has 0 aromatic heterocycles. The summed E-state index contributed by atoms with van der Waals surface area (Å²) in [6, 6.07) is 5.99. The largest absolute Gasteiger partial charge is 0.337 e. The molecule has 110 valence electrons. The Hall–Kier alpha value is -0.870. The van der Waals surface area contributed by atoms with Crippen molar-refractivity contribution in [3.63, 3.8) is 0 Å². The Kier molecular flexibility index (Phi) is 5.61. The van der Waals surface area contributed by atoms with Crippen LogP contribution in [0.5, 0.6) is 0 Å². The molecule has 3 nitrogen and oxygen atoms in total. The lowest BCUT2D eigenvalue weighted by atomic mass is 10.0. The molecule has 0 atom stereocenters. The first kappa shape index (κ1) is 15.5. The second-order valence-electron chi connectivity index (χ2n) is 5.42. The fourth-order valence-corrected chi connectivity index (χ4v) is 3.17. The van der Waals surface area contributed by atoms with Crippen LogP contribution in [-0.2, 0) is 0 Å². The predicted octanol–water partition coefficient (Wildman–Crippen LogP) is 2.85. The van der Waals surface area contributed by atoms with Gasteiger partial charge in [-0.3, -0.25) is 4.79 Å². The van der Waals surface area contributed by atoms with Crippen LogP contribution in [0.15, 0.2) is 18.2 Å². The predicted molar refractivity (Wildman–Crippen MR) is 86.7 cm³/mol. The van der Waals surface area contributed by atoms with E-state index in [1.165, 1.54) is 5.56 Å². The number of carbonyl (C=O) groups is 1. The molecule has 0 aliphatic carbocycles. The number of hydrogen-bond acceptors (Lipinski definition) is 2. The van der Waals surface area contributed by atoms with Crippen molar-refractivity contribution in [2.24, 2.45) is 0 Å². The molecular weight excluding hydrogens is 316 g/mol. The minimum atomic E-state index is 0.187. The van der Waals surface area contributed by atoms with Gasteiger partial charge in [-0.2, -0.15) is 0 Å². The second kappa shape index (κ2) is 7.23.